The van der Waals surface area contributed by atoms with Crippen molar-refractivity contribution in [2.24, 2.45) is 0 Å². The van der Waals surface area contributed by atoms with E-state index in [1.807, 2.05) is 18.2 Å². The molecule has 134 valence electrons. The van der Waals surface area contributed by atoms with E-state index in [4.69, 9.17) is 9.47 Å². The van der Waals surface area contributed by atoms with Gasteiger partial charge in [0.05, 0.1) is 12.7 Å². The molecule has 1 fully saturated rings. The molecule has 1 heterocycles. The molecule has 0 unspecified atom stereocenters. The first-order valence-electron chi connectivity index (χ1n) is 8.36. The number of hydrogen-bond acceptors (Lipinski definition) is 4. The average molecular weight is 362 g/mol. The maximum Gasteiger partial charge on any atom is 0.338 e. The van der Waals surface area contributed by atoms with Crippen LogP contribution in [0.3, 0.4) is 0 Å². The first-order valence-corrected chi connectivity index (χ1v) is 8.36. The van der Waals surface area contributed by atoms with Crippen molar-refractivity contribution in [1.29, 1.82) is 0 Å². The standard InChI is InChI=1S/C20H23NO3.ClH/c1-23-19-10-8-16(9-11-19)20(22)24-15-18-7-3-2-6-17(18)14-21-12-4-5-13-21;/h2-3,6-11H,4-5,12-15H2,1H3;1H. The Hall–Kier alpha value is -2.04. The molecule has 0 aliphatic carbocycles. The van der Waals surface area contributed by atoms with Gasteiger partial charge in [0.15, 0.2) is 0 Å². The smallest absolute Gasteiger partial charge is 0.338 e. The number of nitrogens with zero attached hydrogens (tertiary/aromatic N) is 1. The minimum absolute atomic E-state index is 0. The van der Waals surface area contributed by atoms with Gasteiger partial charge in [-0.3, -0.25) is 4.90 Å². The molecule has 0 radical (unpaired) electrons. The number of hydrogen-bond donors (Lipinski definition) is 0. The first kappa shape index (κ1) is 19.3. The Balaban J connectivity index is 0.00000225. The van der Waals surface area contributed by atoms with Crippen LogP contribution in [0.25, 0.3) is 0 Å². The van der Waals surface area contributed by atoms with E-state index in [0.717, 1.165) is 30.9 Å². The van der Waals surface area contributed by atoms with Gasteiger partial charge in [-0.2, -0.15) is 0 Å². The summed E-state index contributed by atoms with van der Waals surface area (Å²) < 4.78 is 10.6. The first-order chi connectivity index (χ1) is 11.8. The summed E-state index contributed by atoms with van der Waals surface area (Å²) in [5.41, 5.74) is 2.85. The second-order valence-electron chi connectivity index (χ2n) is 6.06. The number of esters is 1. The Morgan fingerprint density at radius 2 is 1.64 bits per heavy atom. The maximum absolute atomic E-state index is 12.2. The molecule has 0 atom stereocenters. The highest BCUT2D eigenvalue weighted by Crippen LogP contribution is 2.18. The van der Waals surface area contributed by atoms with Crippen molar-refractivity contribution in [2.75, 3.05) is 20.2 Å². The summed E-state index contributed by atoms with van der Waals surface area (Å²) in [5.74, 6) is 0.413. The molecule has 25 heavy (non-hydrogen) atoms. The fourth-order valence-corrected chi connectivity index (χ4v) is 2.99. The van der Waals surface area contributed by atoms with Crippen molar-refractivity contribution in [3.8, 4) is 5.75 Å². The van der Waals surface area contributed by atoms with Gasteiger partial charge in [0.2, 0.25) is 0 Å². The Kier molecular flexibility index (Phi) is 7.29. The second kappa shape index (κ2) is 9.44. The minimum atomic E-state index is -0.311. The zero-order valence-electron chi connectivity index (χ0n) is 14.4. The number of carbonyl (C=O) groups excluding carboxylic acids is 1. The Bertz CT molecular complexity index is 682. The molecule has 0 amide bonds. The van der Waals surface area contributed by atoms with Gasteiger partial charge in [-0.1, -0.05) is 24.3 Å². The molecular formula is C20H24ClNO3. The quantitative estimate of drug-likeness (QED) is 0.727. The van der Waals surface area contributed by atoms with E-state index in [9.17, 15) is 4.79 Å². The molecule has 0 aromatic heterocycles. The number of halogens is 1. The van der Waals surface area contributed by atoms with Gasteiger partial charge in [0.25, 0.3) is 0 Å². The fourth-order valence-electron chi connectivity index (χ4n) is 2.99. The lowest BCUT2D eigenvalue weighted by Gasteiger charge is -2.17. The number of rotatable bonds is 6. The molecule has 1 aliphatic heterocycles. The van der Waals surface area contributed by atoms with Crippen molar-refractivity contribution >= 4 is 18.4 Å². The molecule has 4 nitrogen and oxygen atoms in total. The monoisotopic (exact) mass is 361 g/mol. The summed E-state index contributed by atoms with van der Waals surface area (Å²) >= 11 is 0. The average Bonchev–Trinajstić information content (AvgIpc) is 3.14. The Labute approximate surface area is 155 Å². The number of carbonyl (C=O) groups is 1. The molecule has 0 spiro atoms. The lowest BCUT2D eigenvalue weighted by molar-refractivity contribution is 0.0471. The fraction of sp³-hybridized carbons (Fsp3) is 0.350. The topological polar surface area (TPSA) is 38.8 Å². The molecule has 1 saturated heterocycles. The maximum atomic E-state index is 12.2. The summed E-state index contributed by atoms with van der Waals surface area (Å²) in [5, 5.41) is 0. The van der Waals surface area contributed by atoms with Gasteiger partial charge < -0.3 is 9.47 Å². The molecule has 5 heteroatoms. The molecule has 0 saturated carbocycles. The predicted octanol–water partition coefficient (Wildman–Crippen LogP) is 4.07. The van der Waals surface area contributed by atoms with Crippen LogP contribution in [0.15, 0.2) is 48.5 Å². The predicted molar refractivity (Wildman–Crippen MR) is 100 cm³/mol. The van der Waals surface area contributed by atoms with Gasteiger partial charge >= 0.3 is 5.97 Å². The van der Waals surface area contributed by atoms with Crippen LogP contribution in [0.1, 0.15) is 34.3 Å². The van der Waals surface area contributed by atoms with Gasteiger partial charge in [-0.15, -0.1) is 12.4 Å². The van der Waals surface area contributed by atoms with Gasteiger partial charge in [0.1, 0.15) is 12.4 Å². The number of likely N-dealkylation sites (tertiary alicyclic amines) is 1. The van der Waals surface area contributed by atoms with Crippen LogP contribution in [-0.2, 0) is 17.9 Å². The van der Waals surface area contributed by atoms with E-state index in [2.05, 4.69) is 11.0 Å². The van der Waals surface area contributed by atoms with Crippen LogP contribution in [0.5, 0.6) is 5.75 Å². The zero-order valence-corrected chi connectivity index (χ0v) is 15.3. The van der Waals surface area contributed by atoms with Crippen LogP contribution < -0.4 is 4.74 Å². The molecule has 2 aromatic carbocycles. The molecule has 1 aliphatic rings. The second-order valence-corrected chi connectivity index (χ2v) is 6.06. The molecule has 2 aromatic rings. The third-order valence-electron chi connectivity index (χ3n) is 4.40. The lowest BCUT2D eigenvalue weighted by atomic mass is 10.1. The summed E-state index contributed by atoms with van der Waals surface area (Å²) in [6, 6.07) is 15.1. The van der Waals surface area contributed by atoms with Crippen molar-refractivity contribution in [3.05, 3.63) is 65.2 Å². The largest absolute Gasteiger partial charge is 0.497 e. The van der Waals surface area contributed by atoms with Crippen LogP contribution >= 0.6 is 12.4 Å². The van der Waals surface area contributed by atoms with Crippen LogP contribution in [-0.4, -0.2) is 31.1 Å². The Morgan fingerprint density at radius 1 is 1.00 bits per heavy atom. The number of methoxy groups -OCH3 is 1. The normalized spacial score (nSPS) is 14.0. The van der Waals surface area contributed by atoms with Gasteiger partial charge in [-0.25, -0.2) is 4.79 Å². The number of benzene rings is 2. The van der Waals surface area contributed by atoms with Crippen molar-refractivity contribution in [1.82, 2.24) is 4.90 Å². The van der Waals surface area contributed by atoms with Crippen molar-refractivity contribution in [2.45, 2.75) is 26.0 Å². The van der Waals surface area contributed by atoms with E-state index in [0.29, 0.717) is 12.2 Å². The highest BCUT2D eigenvalue weighted by atomic mass is 35.5. The lowest BCUT2D eigenvalue weighted by Crippen LogP contribution is -2.19. The summed E-state index contributed by atoms with van der Waals surface area (Å²) in [4.78, 5) is 14.6. The van der Waals surface area contributed by atoms with Crippen LogP contribution in [0.4, 0.5) is 0 Å². The summed E-state index contributed by atoms with van der Waals surface area (Å²) in [7, 11) is 1.60. The number of ether oxygens (including phenoxy) is 2. The SMILES string of the molecule is COc1ccc(C(=O)OCc2ccccc2CN2CCCC2)cc1.Cl. The van der Waals surface area contributed by atoms with E-state index in [1.54, 1.807) is 31.4 Å². The van der Waals surface area contributed by atoms with Crippen molar-refractivity contribution in [3.63, 3.8) is 0 Å². The van der Waals surface area contributed by atoms with Crippen molar-refractivity contribution < 1.29 is 14.3 Å². The van der Waals surface area contributed by atoms with E-state index in [1.165, 1.54) is 18.4 Å². The minimum Gasteiger partial charge on any atom is -0.497 e. The zero-order chi connectivity index (χ0) is 16.8. The van der Waals surface area contributed by atoms with E-state index in [-0.39, 0.29) is 18.4 Å². The molecule has 0 N–H and O–H groups in total. The van der Waals surface area contributed by atoms with Crippen LogP contribution in [0.2, 0.25) is 0 Å². The van der Waals surface area contributed by atoms with Crippen LogP contribution in [0, 0.1) is 0 Å². The van der Waals surface area contributed by atoms with Gasteiger partial charge in [0, 0.05) is 6.54 Å². The highest BCUT2D eigenvalue weighted by molar-refractivity contribution is 5.89. The molecule has 0 bridgehead atoms. The third kappa shape index (κ3) is 5.21. The summed E-state index contributed by atoms with van der Waals surface area (Å²) in [6.45, 7) is 3.53. The molecular weight excluding hydrogens is 338 g/mol. The summed E-state index contributed by atoms with van der Waals surface area (Å²) in [6.07, 6.45) is 2.54. The molecule has 3 rings (SSSR count). The van der Waals surface area contributed by atoms with E-state index >= 15 is 0 Å². The highest BCUT2D eigenvalue weighted by Gasteiger charge is 2.14. The third-order valence-corrected chi connectivity index (χ3v) is 4.40. The Morgan fingerprint density at radius 3 is 2.28 bits per heavy atom. The van der Waals surface area contributed by atoms with E-state index < -0.39 is 0 Å². The van der Waals surface area contributed by atoms with Gasteiger partial charge in [-0.05, 0) is 61.3 Å².